The first kappa shape index (κ1) is 22.3. The van der Waals surface area contributed by atoms with E-state index < -0.39 is 5.41 Å². The Labute approximate surface area is 187 Å². The average molecular weight is 450 g/mol. The van der Waals surface area contributed by atoms with Crippen LogP contribution in [-0.4, -0.2) is 40.3 Å². The summed E-state index contributed by atoms with van der Waals surface area (Å²) < 4.78 is 1.90. The highest BCUT2D eigenvalue weighted by atomic mass is 35.5. The summed E-state index contributed by atoms with van der Waals surface area (Å²) in [5.41, 5.74) is 1.14. The number of halogens is 2. The van der Waals surface area contributed by atoms with Crippen LogP contribution in [0.25, 0.3) is 0 Å². The smallest absolute Gasteiger partial charge is 0.247 e. The number of hydrogen-bond acceptors (Lipinski definition) is 6. The number of hydrogen-bond donors (Lipinski definition) is 2. The van der Waals surface area contributed by atoms with Gasteiger partial charge in [-0.2, -0.15) is 10.4 Å². The van der Waals surface area contributed by atoms with Gasteiger partial charge in [0.1, 0.15) is 11.2 Å². The molecule has 0 bridgehead atoms. The Kier molecular flexibility index (Phi) is 6.27. The summed E-state index contributed by atoms with van der Waals surface area (Å²) in [6.07, 6.45) is 4.26. The van der Waals surface area contributed by atoms with E-state index >= 15 is 0 Å². The van der Waals surface area contributed by atoms with Gasteiger partial charge in [-0.3, -0.25) is 9.48 Å². The zero-order chi connectivity index (χ0) is 19.3. The molecule has 2 N–H and O–H groups in total. The molecule has 1 aliphatic carbocycles. The number of amides is 1. The van der Waals surface area contributed by atoms with Gasteiger partial charge in [0.05, 0.1) is 6.07 Å². The predicted octanol–water partition coefficient (Wildman–Crippen LogP) is 2.75. The second-order valence-electron chi connectivity index (χ2n) is 8.02. The molecule has 0 spiro atoms. The van der Waals surface area contributed by atoms with Gasteiger partial charge in [-0.25, -0.2) is 4.98 Å². The Hall–Kier alpha value is -2.34. The van der Waals surface area contributed by atoms with Crippen LogP contribution in [0.2, 0.25) is 0 Å². The van der Waals surface area contributed by atoms with Crippen molar-refractivity contribution in [2.24, 2.45) is 18.4 Å². The van der Waals surface area contributed by atoms with Crippen LogP contribution >= 0.6 is 24.8 Å². The van der Waals surface area contributed by atoms with Crippen LogP contribution in [0.3, 0.4) is 0 Å². The molecule has 2 aliphatic heterocycles. The molecule has 5 rings (SSSR count). The van der Waals surface area contributed by atoms with Gasteiger partial charge in [0.25, 0.3) is 0 Å². The highest BCUT2D eigenvalue weighted by Crippen LogP contribution is 2.51. The minimum Gasteiger partial charge on any atom is -0.323 e. The molecular weight excluding hydrogens is 425 g/mol. The molecule has 1 saturated carbocycles. The van der Waals surface area contributed by atoms with E-state index in [1.165, 1.54) is 5.69 Å². The number of carbonyl (C=O) groups is 1. The van der Waals surface area contributed by atoms with Crippen LogP contribution in [-0.2, 0) is 11.8 Å². The van der Waals surface area contributed by atoms with Crippen molar-refractivity contribution in [1.82, 2.24) is 20.1 Å². The molecule has 2 aromatic heterocycles. The minimum atomic E-state index is -0.830. The lowest BCUT2D eigenvalue weighted by Gasteiger charge is -2.26. The topological polar surface area (TPSA) is 98.9 Å². The SMILES string of the molecule is Cl.Cl.Cn1nc(Nc2cc(N3CC[C@@](C#N)(C4CC4)C3=O)ccn2)cc1C1CNC1. The third-order valence-corrected chi connectivity index (χ3v) is 6.26. The maximum Gasteiger partial charge on any atom is 0.247 e. The van der Waals surface area contributed by atoms with Crippen molar-refractivity contribution in [1.29, 1.82) is 5.26 Å². The highest BCUT2D eigenvalue weighted by Gasteiger charge is 2.56. The summed E-state index contributed by atoms with van der Waals surface area (Å²) >= 11 is 0. The van der Waals surface area contributed by atoms with E-state index in [-0.39, 0.29) is 36.6 Å². The molecule has 0 aromatic carbocycles. The number of nitrogens with one attached hydrogen (secondary N) is 2. The number of aryl methyl sites for hydroxylation is 1. The van der Waals surface area contributed by atoms with E-state index in [0.29, 0.717) is 24.7 Å². The van der Waals surface area contributed by atoms with Crippen LogP contribution in [0.4, 0.5) is 17.3 Å². The van der Waals surface area contributed by atoms with Crippen molar-refractivity contribution < 1.29 is 4.79 Å². The lowest BCUT2D eigenvalue weighted by atomic mass is 9.83. The Morgan fingerprint density at radius 1 is 1.27 bits per heavy atom. The first-order chi connectivity index (χ1) is 13.6. The zero-order valence-corrected chi connectivity index (χ0v) is 18.3. The van der Waals surface area contributed by atoms with Crippen molar-refractivity contribution >= 4 is 48.0 Å². The minimum absolute atomic E-state index is 0. The van der Waals surface area contributed by atoms with Gasteiger partial charge in [-0.05, 0) is 31.2 Å². The number of aromatic nitrogens is 3. The second kappa shape index (κ2) is 8.42. The molecule has 2 aromatic rings. The first-order valence-electron chi connectivity index (χ1n) is 9.82. The molecule has 3 aliphatic rings. The van der Waals surface area contributed by atoms with Crippen molar-refractivity contribution in [3.8, 4) is 6.07 Å². The van der Waals surface area contributed by atoms with Crippen molar-refractivity contribution in [3.05, 3.63) is 30.1 Å². The standard InChI is InChI=1S/C20H23N7O.2ClH/c1-26-16(13-10-22-11-13)9-18(25-26)24-17-8-15(4-6-23-17)27-7-5-20(12-21,19(27)28)14-2-3-14;;/h4,6,8-9,13-14,22H,2-3,5,7,10-11H2,1H3,(H,23,24,25);2*1H/t20-;;/m1../s1. The average Bonchev–Trinajstić information content (AvgIpc) is 3.36. The van der Waals surface area contributed by atoms with Gasteiger partial charge >= 0.3 is 0 Å². The number of pyridine rings is 1. The third-order valence-electron chi connectivity index (χ3n) is 6.26. The summed E-state index contributed by atoms with van der Waals surface area (Å²) in [6.45, 7) is 2.53. The molecule has 4 heterocycles. The second-order valence-corrected chi connectivity index (χ2v) is 8.02. The molecule has 1 amide bonds. The van der Waals surface area contributed by atoms with Gasteiger partial charge in [-0.1, -0.05) is 0 Å². The van der Waals surface area contributed by atoms with E-state index in [9.17, 15) is 10.1 Å². The molecule has 8 nitrogen and oxygen atoms in total. The van der Waals surface area contributed by atoms with E-state index in [1.54, 1.807) is 11.1 Å². The number of anilines is 3. The molecule has 1 atom stereocenters. The maximum absolute atomic E-state index is 13.0. The summed E-state index contributed by atoms with van der Waals surface area (Å²) in [5, 5.41) is 20.7. The zero-order valence-electron chi connectivity index (χ0n) is 16.7. The molecule has 10 heteroatoms. The Morgan fingerprint density at radius 3 is 2.67 bits per heavy atom. The monoisotopic (exact) mass is 449 g/mol. The quantitative estimate of drug-likeness (QED) is 0.727. The number of nitriles is 1. The maximum atomic E-state index is 13.0. The number of carbonyl (C=O) groups excluding carboxylic acids is 1. The van der Waals surface area contributed by atoms with Crippen LogP contribution in [0.15, 0.2) is 24.4 Å². The van der Waals surface area contributed by atoms with Gasteiger partial charge in [0.15, 0.2) is 5.82 Å². The molecule has 30 heavy (non-hydrogen) atoms. The lowest BCUT2D eigenvalue weighted by Crippen LogP contribution is -2.40. The van der Waals surface area contributed by atoms with Crippen LogP contribution in [0.5, 0.6) is 0 Å². The van der Waals surface area contributed by atoms with Crippen molar-refractivity contribution in [2.75, 3.05) is 29.9 Å². The van der Waals surface area contributed by atoms with E-state index in [2.05, 4.69) is 32.9 Å². The highest BCUT2D eigenvalue weighted by molar-refractivity contribution is 6.02. The van der Waals surface area contributed by atoms with Crippen LogP contribution in [0.1, 0.15) is 30.9 Å². The van der Waals surface area contributed by atoms with Crippen LogP contribution < -0.4 is 15.5 Å². The summed E-state index contributed by atoms with van der Waals surface area (Å²) in [7, 11) is 1.95. The lowest BCUT2D eigenvalue weighted by molar-refractivity contribution is -0.123. The predicted molar refractivity (Wildman–Crippen MR) is 119 cm³/mol. The molecule has 0 radical (unpaired) electrons. The van der Waals surface area contributed by atoms with Gasteiger partial charge in [-0.15, -0.1) is 24.8 Å². The van der Waals surface area contributed by atoms with Gasteiger partial charge in [0.2, 0.25) is 5.91 Å². The Balaban J connectivity index is 0.00000128. The van der Waals surface area contributed by atoms with Crippen LogP contribution in [0, 0.1) is 22.7 Å². The number of nitrogens with zero attached hydrogens (tertiary/aromatic N) is 5. The molecular formula is C20H25Cl2N7O. The van der Waals surface area contributed by atoms with Crippen molar-refractivity contribution in [2.45, 2.75) is 25.2 Å². The third kappa shape index (κ3) is 3.62. The molecule has 160 valence electrons. The molecule has 3 fully saturated rings. The molecule has 0 unspecified atom stereocenters. The summed E-state index contributed by atoms with van der Waals surface area (Å²) in [5.74, 6) is 2.04. The fourth-order valence-electron chi connectivity index (χ4n) is 4.34. The van der Waals surface area contributed by atoms with E-state index in [4.69, 9.17) is 0 Å². The molecule has 2 saturated heterocycles. The fraction of sp³-hybridized carbons (Fsp3) is 0.500. The fourth-order valence-corrected chi connectivity index (χ4v) is 4.34. The largest absolute Gasteiger partial charge is 0.323 e. The summed E-state index contributed by atoms with van der Waals surface area (Å²) in [6, 6.07) is 8.07. The van der Waals surface area contributed by atoms with E-state index in [1.807, 2.05) is 23.9 Å². The van der Waals surface area contributed by atoms with Gasteiger partial charge < -0.3 is 15.5 Å². The summed E-state index contributed by atoms with van der Waals surface area (Å²) in [4.78, 5) is 19.1. The Bertz CT molecular complexity index is 980. The first-order valence-corrected chi connectivity index (χ1v) is 9.82. The Morgan fingerprint density at radius 2 is 2.03 bits per heavy atom. The normalized spacial score (nSPS) is 23.2. The number of rotatable bonds is 5. The van der Waals surface area contributed by atoms with Gasteiger partial charge in [0, 0.05) is 62.3 Å². The van der Waals surface area contributed by atoms with Crippen molar-refractivity contribution in [3.63, 3.8) is 0 Å². The van der Waals surface area contributed by atoms with E-state index in [0.717, 1.165) is 37.4 Å².